The maximum Gasteiger partial charge on any atom is 0.271 e. The molecule has 2 N–H and O–H groups in total. The first-order chi connectivity index (χ1) is 16.0. The summed E-state index contributed by atoms with van der Waals surface area (Å²) < 4.78 is 18.9. The number of rotatable bonds is 7. The third kappa shape index (κ3) is 6.16. The Bertz CT molecular complexity index is 1100. The molecule has 0 spiro atoms. The quantitative estimate of drug-likeness (QED) is 0.531. The van der Waals surface area contributed by atoms with Gasteiger partial charge in [-0.2, -0.15) is 0 Å². The number of carbonyl (C=O) groups excluding carboxylic acids is 2. The molecular formula is C25H26FN3O3S. The molecule has 0 bridgehead atoms. The van der Waals surface area contributed by atoms with E-state index in [0.717, 1.165) is 37.0 Å². The van der Waals surface area contributed by atoms with Crippen LogP contribution in [0.5, 0.6) is 5.75 Å². The molecule has 172 valence electrons. The molecule has 33 heavy (non-hydrogen) atoms. The summed E-state index contributed by atoms with van der Waals surface area (Å²) in [5, 5.41) is 8.46. The molecule has 1 aliphatic rings. The van der Waals surface area contributed by atoms with Gasteiger partial charge in [0.25, 0.3) is 11.8 Å². The van der Waals surface area contributed by atoms with E-state index in [9.17, 15) is 14.0 Å². The van der Waals surface area contributed by atoms with Gasteiger partial charge >= 0.3 is 0 Å². The molecule has 2 aromatic carbocycles. The summed E-state index contributed by atoms with van der Waals surface area (Å²) in [5.74, 6) is -0.170. The SMILES string of the molecule is Cc1ccc(OCc2nc(C(=O)N[C@H]3CCCC[C@@H]3NC(=O)c3ccc(F)cc3)cs2)cc1. The lowest BCUT2D eigenvalue weighted by atomic mass is 9.90. The zero-order valence-corrected chi connectivity index (χ0v) is 19.2. The Kier molecular flexibility index (Phi) is 7.34. The van der Waals surface area contributed by atoms with Crippen molar-refractivity contribution in [1.29, 1.82) is 0 Å². The number of hydrogen-bond acceptors (Lipinski definition) is 5. The molecular weight excluding hydrogens is 441 g/mol. The van der Waals surface area contributed by atoms with Gasteiger partial charge < -0.3 is 15.4 Å². The van der Waals surface area contributed by atoms with Crippen LogP contribution in [-0.4, -0.2) is 28.9 Å². The van der Waals surface area contributed by atoms with Crippen molar-refractivity contribution in [2.75, 3.05) is 0 Å². The summed E-state index contributed by atoms with van der Waals surface area (Å²) >= 11 is 1.37. The van der Waals surface area contributed by atoms with Gasteiger partial charge in [0.1, 0.15) is 28.9 Å². The molecule has 0 radical (unpaired) electrons. The Morgan fingerprint density at radius 3 is 2.30 bits per heavy atom. The van der Waals surface area contributed by atoms with Crippen LogP contribution in [0.15, 0.2) is 53.9 Å². The summed E-state index contributed by atoms with van der Waals surface area (Å²) in [5.41, 5.74) is 1.90. The van der Waals surface area contributed by atoms with E-state index in [4.69, 9.17) is 4.74 Å². The fourth-order valence-electron chi connectivity index (χ4n) is 3.83. The van der Waals surface area contributed by atoms with Crippen molar-refractivity contribution in [2.24, 2.45) is 0 Å². The van der Waals surface area contributed by atoms with E-state index >= 15 is 0 Å². The lowest BCUT2D eigenvalue weighted by Crippen LogP contribution is -2.53. The highest BCUT2D eigenvalue weighted by molar-refractivity contribution is 7.09. The summed E-state index contributed by atoms with van der Waals surface area (Å²) in [6.07, 6.45) is 3.48. The number of halogens is 1. The normalized spacial score (nSPS) is 17.9. The molecule has 1 aromatic heterocycles. The molecule has 1 heterocycles. The third-order valence-corrected chi connectivity index (χ3v) is 6.50. The number of aromatic nitrogens is 1. The molecule has 4 rings (SSSR count). The van der Waals surface area contributed by atoms with E-state index in [1.54, 1.807) is 5.38 Å². The average molecular weight is 468 g/mol. The third-order valence-electron chi connectivity index (χ3n) is 5.67. The smallest absolute Gasteiger partial charge is 0.271 e. The second kappa shape index (κ2) is 10.6. The molecule has 1 aliphatic carbocycles. The minimum absolute atomic E-state index is 0.190. The minimum atomic E-state index is -0.388. The number of amides is 2. The van der Waals surface area contributed by atoms with Crippen LogP contribution in [0.2, 0.25) is 0 Å². The first-order valence-corrected chi connectivity index (χ1v) is 11.9. The van der Waals surface area contributed by atoms with Crippen molar-refractivity contribution in [2.45, 2.75) is 51.3 Å². The van der Waals surface area contributed by atoms with Crippen molar-refractivity contribution in [3.05, 3.63) is 81.6 Å². The van der Waals surface area contributed by atoms with Crippen LogP contribution < -0.4 is 15.4 Å². The standard InChI is InChI=1S/C25H26FN3O3S/c1-16-6-12-19(13-7-16)32-14-23-27-22(15-33-23)25(31)29-21-5-3-2-4-20(21)28-24(30)17-8-10-18(26)11-9-17/h6-13,15,20-21H,2-5,14H2,1H3,(H,28,30)(H,29,31)/t20-,21-/m0/s1. The predicted molar refractivity (Wildman–Crippen MR) is 125 cm³/mol. The van der Waals surface area contributed by atoms with E-state index in [1.165, 1.54) is 35.6 Å². The van der Waals surface area contributed by atoms with Crippen LogP contribution in [0.4, 0.5) is 4.39 Å². The van der Waals surface area contributed by atoms with Gasteiger partial charge in [0.15, 0.2) is 0 Å². The van der Waals surface area contributed by atoms with E-state index in [-0.39, 0.29) is 29.7 Å². The van der Waals surface area contributed by atoms with Crippen molar-refractivity contribution >= 4 is 23.2 Å². The number of hydrogen-bond donors (Lipinski definition) is 2. The highest BCUT2D eigenvalue weighted by Crippen LogP contribution is 2.21. The van der Waals surface area contributed by atoms with Gasteiger partial charge in [0.2, 0.25) is 0 Å². The van der Waals surface area contributed by atoms with Gasteiger partial charge in [0.05, 0.1) is 0 Å². The van der Waals surface area contributed by atoms with Crippen LogP contribution in [-0.2, 0) is 6.61 Å². The van der Waals surface area contributed by atoms with E-state index in [0.29, 0.717) is 22.9 Å². The van der Waals surface area contributed by atoms with Crippen LogP contribution in [0.3, 0.4) is 0 Å². The number of aryl methyl sites for hydroxylation is 1. The Balaban J connectivity index is 1.33. The summed E-state index contributed by atoms with van der Waals surface area (Å²) in [6.45, 7) is 2.31. The summed E-state index contributed by atoms with van der Waals surface area (Å²) in [7, 11) is 0. The molecule has 8 heteroatoms. The number of nitrogens with zero attached hydrogens (tertiary/aromatic N) is 1. The van der Waals surface area contributed by atoms with E-state index in [2.05, 4.69) is 15.6 Å². The fraction of sp³-hybridized carbons (Fsp3) is 0.320. The van der Waals surface area contributed by atoms with E-state index < -0.39 is 0 Å². The van der Waals surface area contributed by atoms with Gasteiger partial charge in [-0.3, -0.25) is 9.59 Å². The lowest BCUT2D eigenvalue weighted by molar-refractivity contribution is 0.0860. The van der Waals surface area contributed by atoms with Gasteiger partial charge in [0, 0.05) is 23.0 Å². The van der Waals surface area contributed by atoms with Gasteiger partial charge in [-0.05, 0) is 56.2 Å². The number of benzene rings is 2. The second-order valence-electron chi connectivity index (χ2n) is 8.18. The molecule has 3 aromatic rings. The van der Waals surface area contributed by atoms with Gasteiger partial charge in [-0.25, -0.2) is 9.37 Å². The molecule has 1 fully saturated rings. The van der Waals surface area contributed by atoms with Crippen molar-refractivity contribution in [1.82, 2.24) is 15.6 Å². The molecule has 0 saturated heterocycles. The zero-order valence-electron chi connectivity index (χ0n) is 18.3. The summed E-state index contributed by atoms with van der Waals surface area (Å²) in [4.78, 5) is 29.8. The molecule has 0 unspecified atom stereocenters. The fourth-order valence-corrected chi connectivity index (χ4v) is 4.52. The Hall–Kier alpha value is -3.26. The maximum absolute atomic E-state index is 13.1. The summed E-state index contributed by atoms with van der Waals surface area (Å²) in [6, 6.07) is 12.8. The Morgan fingerprint density at radius 2 is 1.64 bits per heavy atom. The lowest BCUT2D eigenvalue weighted by Gasteiger charge is -2.32. The topological polar surface area (TPSA) is 80.3 Å². The number of nitrogens with one attached hydrogen (secondary N) is 2. The minimum Gasteiger partial charge on any atom is -0.486 e. The number of ether oxygens (including phenoxy) is 1. The largest absolute Gasteiger partial charge is 0.486 e. The highest BCUT2D eigenvalue weighted by Gasteiger charge is 2.29. The highest BCUT2D eigenvalue weighted by atomic mass is 32.1. The van der Waals surface area contributed by atoms with Gasteiger partial charge in [-0.1, -0.05) is 30.5 Å². The molecule has 1 saturated carbocycles. The zero-order chi connectivity index (χ0) is 23.2. The molecule has 2 amide bonds. The van der Waals surface area contributed by atoms with Crippen molar-refractivity contribution in [3.8, 4) is 5.75 Å². The molecule has 6 nitrogen and oxygen atoms in total. The monoisotopic (exact) mass is 467 g/mol. The van der Waals surface area contributed by atoms with Crippen molar-refractivity contribution < 1.29 is 18.7 Å². The van der Waals surface area contributed by atoms with Crippen LogP contribution in [0.1, 0.15) is 57.1 Å². The molecule has 2 atom stereocenters. The number of thiazole rings is 1. The predicted octanol–water partition coefficient (Wildman–Crippen LogP) is 4.64. The van der Waals surface area contributed by atoms with Crippen LogP contribution >= 0.6 is 11.3 Å². The van der Waals surface area contributed by atoms with Crippen molar-refractivity contribution in [3.63, 3.8) is 0 Å². The maximum atomic E-state index is 13.1. The Labute approximate surface area is 196 Å². The average Bonchev–Trinajstić information content (AvgIpc) is 3.30. The van der Waals surface area contributed by atoms with E-state index in [1.807, 2.05) is 31.2 Å². The van der Waals surface area contributed by atoms with Gasteiger partial charge in [-0.15, -0.1) is 11.3 Å². The van der Waals surface area contributed by atoms with Crippen LogP contribution in [0, 0.1) is 12.7 Å². The first-order valence-electron chi connectivity index (χ1n) is 11.0. The second-order valence-corrected chi connectivity index (χ2v) is 9.12. The molecule has 0 aliphatic heterocycles. The Morgan fingerprint density at radius 1 is 1.00 bits per heavy atom. The number of carbonyl (C=O) groups is 2. The van der Waals surface area contributed by atoms with Crippen LogP contribution in [0.25, 0.3) is 0 Å². The first kappa shape index (κ1) is 22.9.